The van der Waals surface area contributed by atoms with E-state index in [0.29, 0.717) is 6.01 Å². The summed E-state index contributed by atoms with van der Waals surface area (Å²) in [4.78, 5) is 5.71. The van der Waals surface area contributed by atoms with Crippen molar-refractivity contribution in [3.05, 3.63) is 22.0 Å². The van der Waals surface area contributed by atoms with E-state index in [1.165, 1.54) is 48.4 Å². The van der Waals surface area contributed by atoms with E-state index in [2.05, 4.69) is 20.5 Å². The van der Waals surface area contributed by atoms with Crippen molar-refractivity contribution in [1.29, 1.82) is 0 Å². The number of hydrogen-bond donors (Lipinski definition) is 1. The Balaban J connectivity index is 1.30. The van der Waals surface area contributed by atoms with Gasteiger partial charge in [-0.1, -0.05) is 17.9 Å². The van der Waals surface area contributed by atoms with E-state index in [9.17, 15) is 0 Å². The Morgan fingerprint density at radius 1 is 1.19 bits per heavy atom. The van der Waals surface area contributed by atoms with Gasteiger partial charge in [-0.3, -0.25) is 0 Å². The van der Waals surface area contributed by atoms with Crippen LogP contribution in [0.3, 0.4) is 0 Å². The molecule has 5 nitrogen and oxygen atoms in total. The molecule has 0 unspecified atom stereocenters. The maximum absolute atomic E-state index is 5.68. The van der Waals surface area contributed by atoms with Gasteiger partial charge in [0.05, 0.1) is 11.6 Å². The summed E-state index contributed by atoms with van der Waals surface area (Å²) in [6.07, 6.45) is 10.8. The average Bonchev–Trinajstić information content (AvgIpc) is 2.94. The van der Waals surface area contributed by atoms with Gasteiger partial charge in [-0.2, -0.15) is 0 Å². The van der Waals surface area contributed by atoms with Crippen LogP contribution in [0.5, 0.6) is 0 Å². The van der Waals surface area contributed by atoms with E-state index >= 15 is 0 Å². The van der Waals surface area contributed by atoms with Crippen molar-refractivity contribution in [2.45, 2.75) is 57.4 Å². The molecule has 4 rings (SSSR count). The van der Waals surface area contributed by atoms with Gasteiger partial charge in [0.15, 0.2) is 0 Å². The minimum absolute atomic E-state index is 0.532. The van der Waals surface area contributed by atoms with Crippen LogP contribution in [0.4, 0.5) is 6.01 Å². The Labute approximate surface area is 128 Å². The normalized spacial score (nSPS) is 19.2. The summed E-state index contributed by atoms with van der Waals surface area (Å²) in [5, 5.41) is 12.7. The molecule has 2 aromatic heterocycles. The van der Waals surface area contributed by atoms with Crippen molar-refractivity contribution in [3.8, 4) is 0 Å². The number of aromatic nitrogens is 3. The number of anilines is 1. The largest absolute Gasteiger partial charge is 0.408 e. The molecule has 0 aromatic carbocycles. The van der Waals surface area contributed by atoms with Crippen molar-refractivity contribution >= 4 is 17.4 Å². The first-order chi connectivity index (χ1) is 10.4. The zero-order chi connectivity index (χ0) is 14.1. The number of nitrogens with one attached hydrogen (secondary N) is 1. The highest BCUT2D eigenvalue weighted by atomic mass is 32.1. The van der Waals surface area contributed by atoms with Gasteiger partial charge in [-0.05, 0) is 31.6 Å². The molecule has 2 aliphatic rings. The summed E-state index contributed by atoms with van der Waals surface area (Å²) in [5.41, 5.74) is 0. The van der Waals surface area contributed by atoms with Crippen LogP contribution in [-0.2, 0) is 13.0 Å². The molecule has 0 amide bonds. The highest BCUT2D eigenvalue weighted by Gasteiger charge is 2.26. The lowest BCUT2D eigenvalue weighted by Gasteiger charge is -2.03. The number of hydrogen-bond acceptors (Lipinski definition) is 6. The lowest BCUT2D eigenvalue weighted by atomic mass is 10.0. The molecule has 0 radical (unpaired) electrons. The second-order valence-electron chi connectivity index (χ2n) is 6.15. The standard InChI is InChI=1S/C15H20N4OS/c1-2-4-10(3-1)7-13-18-19-15(20-13)17-9-12-8-16-14(21-12)11-5-6-11/h8,10-11H,1-7,9H2,(H,17,19). The number of rotatable bonds is 6. The van der Waals surface area contributed by atoms with Crippen LogP contribution in [-0.4, -0.2) is 15.2 Å². The van der Waals surface area contributed by atoms with Crippen LogP contribution in [0, 0.1) is 5.92 Å². The van der Waals surface area contributed by atoms with Gasteiger partial charge in [0, 0.05) is 23.4 Å². The molecule has 2 aromatic rings. The van der Waals surface area contributed by atoms with Crippen LogP contribution in [0.2, 0.25) is 0 Å². The van der Waals surface area contributed by atoms with Crippen molar-refractivity contribution in [2.75, 3.05) is 5.32 Å². The first kappa shape index (κ1) is 13.2. The second kappa shape index (κ2) is 5.75. The Morgan fingerprint density at radius 3 is 2.86 bits per heavy atom. The summed E-state index contributed by atoms with van der Waals surface area (Å²) in [6, 6.07) is 0.532. The van der Waals surface area contributed by atoms with Gasteiger partial charge in [0.2, 0.25) is 5.89 Å². The van der Waals surface area contributed by atoms with Crippen molar-refractivity contribution in [3.63, 3.8) is 0 Å². The summed E-state index contributed by atoms with van der Waals surface area (Å²) in [5.74, 6) is 2.23. The first-order valence-corrected chi connectivity index (χ1v) is 8.69. The molecule has 2 aliphatic carbocycles. The molecule has 2 saturated carbocycles. The second-order valence-corrected chi connectivity index (χ2v) is 7.29. The fourth-order valence-corrected chi connectivity index (χ4v) is 3.98. The van der Waals surface area contributed by atoms with Crippen LogP contribution in [0.15, 0.2) is 10.6 Å². The predicted molar refractivity (Wildman–Crippen MR) is 81.4 cm³/mol. The third-order valence-electron chi connectivity index (χ3n) is 4.32. The summed E-state index contributed by atoms with van der Waals surface area (Å²) < 4.78 is 5.68. The molecule has 112 valence electrons. The lowest BCUT2D eigenvalue weighted by Crippen LogP contribution is -1.98. The van der Waals surface area contributed by atoms with Gasteiger partial charge >= 0.3 is 6.01 Å². The van der Waals surface area contributed by atoms with Crippen molar-refractivity contribution in [1.82, 2.24) is 15.2 Å². The maximum atomic E-state index is 5.68. The summed E-state index contributed by atoms with van der Waals surface area (Å²) in [6.45, 7) is 0.718. The van der Waals surface area contributed by atoms with E-state index in [4.69, 9.17) is 4.42 Å². The molecular weight excluding hydrogens is 284 g/mol. The topological polar surface area (TPSA) is 63.8 Å². The monoisotopic (exact) mass is 304 g/mol. The molecule has 0 spiro atoms. The quantitative estimate of drug-likeness (QED) is 0.880. The highest BCUT2D eigenvalue weighted by Crippen LogP contribution is 2.41. The van der Waals surface area contributed by atoms with Gasteiger partial charge in [-0.25, -0.2) is 4.98 Å². The van der Waals surface area contributed by atoms with Crippen LogP contribution < -0.4 is 5.32 Å². The zero-order valence-electron chi connectivity index (χ0n) is 12.0. The van der Waals surface area contributed by atoms with Crippen LogP contribution >= 0.6 is 11.3 Å². The van der Waals surface area contributed by atoms with Gasteiger partial charge in [-0.15, -0.1) is 16.4 Å². The molecule has 6 heteroatoms. The average molecular weight is 304 g/mol. The van der Waals surface area contributed by atoms with Crippen molar-refractivity contribution in [2.24, 2.45) is 5.92 Å². The minimum atomic E-state index is 0.532. The first-order valence-electron chi connectivity index (χ1n) is 7.87. The van der Waals surface area contributed by atoms with Gasteiger partial charge in [0.1, 0.15) is 0 Å². The molecule has 21 heavy (non-hydrogen) atoms. The fourth-order valence-electron chi connectivity index (χ4n) is 2.96. The Morgan fingerprint density at radius 2 is 2.05 bits per heavy atom. The molecule has 1 N–H and O–H groups in total. The molecule has 0 aliphatic heterocycles. The Hall–Kier alpha value is -1.43. The Kier molecular flexibility index (Phi) is 3.63. The smallest absolute Gasteiger partial charge is 0.315 e. The maximum Gasteiger partial charge on any atom is 0.315 e. The van der Waals surface area contributed by atoms with E-state index in [1.807, 2.05) is 6.20 Å². The van der Waals surface area contributed by atoms with Crippen LogP contribution in [0.1, 0.15) is 60.2 Å². The van der Waals surface area contributed by atoms with E-state index in [0.717, 1.165) is 30.7 Å². The SMILES string of the molecule is c1nc(C2CC2)sc1CNc1nnc(CC2CCCC2)o1. The summed E-state index contributed by atoms with van der Waals surface area (Å²) in [7, 11) is 0. The fraction of sp³-hybridized carbons (Fsp3) is 0.667. The van der Waals surface area contributed by atoms with E-state index in [1.54, 1.807) is 11.3 Å². The van der Waals surface area contributed by atoms with E-state index < -0.39 is 0 Å². The van der Waals surface area contributed by atoms with Crippen molar-refractivity contribution < 1.29 is 4.42 Å². The van der Waals surface area contributed by atoms with Gasteiger partial charge in [0.25, 0.3) is 0 Å². The summed E-state index contributed by atoms with van der Waals surface area (Å²) >= 11 is 1.79. The zero-order valence-corrected chi connectivity index (χ0v) is 12.9. The number of nitrogens with zero attached hydrogens (tertiary/aromatic N) is 3. The molecule has 0 bridgehead atoms. The highest BCUT2D eigenvalue weighted by molar-refractivity contribution is 7.11. The van der Waals surface area contributed by atoms with Crippen LogP contribution in [0.25, 0.3) is 0 Å². The minimum Gasteiger partial charge on any atom is -0.408 e. The molecule has 2 heterocycles. The molecule has 2 fully saturated rings. The molecule has 0 saturated heterocycles. The third kappa shape index (κ3) is 3.26. The molecule has 0 atom stereocenters. The third-order valence-corrected chi connectivity index (χ3v) is 5.48. The predicted octanol–water partition coefficient (Wildman–Crippen LogP) is 3.75. The molecular formula is C15H20N4OS. The Bertz CT molecular complexity index is 598. The number of thiazole rings is 1. The lowest BCUT2D eigenvalue weighted by molar-refractivity contribution is 0.437. The van der Waals surface area contributed by atoms with Gasteiger partial charge < -0.3 is 9.73 Å². The van der Waals surface area contributed by atoms with E-state index in [-0.39, 0.29) is 0 Å².